The summed E-state index contributed by atoms with van der Waals surface area (Å²) < 4.78 is 29.6. The maximum Gasteiger partial charge on any atom is 0.262 e. The molecule has 0 amide bonds. The molecule has 0 aliphatic heterocycles. The van der Waals surface area contributed by atoms with Gasteiger partial charge >= 0.3 is 0 Å². The molecule has 0 bridgehead atoms. The summed E-state index contributed by atoms with van der Waals surface area (Å²) in [6.45, 7) is 0.111. The van der Waals surface area contributed by atoms with Crippen LogP contribution in [0.1, 0.15) is 5.82 Å². The van der Waals surface area contributed by atoms with Gasteiger partial charge in [0.25, 0.3) is 9.05 Å². The van der Waals surface area contributed by atoms with E-state index in [0.717, 1.165) is 6.07 Å². The standard InChI is InChI=1S/C10H8Cl3N3O3S/c1-16-5-14-15-10(16)4-19-8-2-7(12)9(3-6(8)11)20(13,17)18/h2-3,5H,4H2,1H3. The lowest BCUT2D eigenvalue weighted by atomic mass is 10.3. The molecule has 0 saturated carbocycles. The molecule has 6 nitrogen and oxygen atoms in total. The molecule has 1 aromatic heterocycles. The molecule has 0 unspecified atom stereocenters. The summed E-state index contributed by atoms with van der Waals surface area (Å²) in [6, 6.07) is 2.42. The van der Waals surface area contributed by atoms with Gasteiger partial charge in [0.1, 0.15) is 23.6 Å². The molecule has 0 fully saturated rings. The van der Waals surface area contributed by atoms with Crippen molar-refractivity contribution in [2.75, 3.05) is 0 Å². The summed E-state index contributed by atoms with van der Waals surface area (Å²) >= 11 is 11.8. The number of aromatic nitrogens is 3. The van der Waals surface area contributed by atoms with Gasteiger partial charge in [-0.3, -0.25) is 0 Å². The number of nitrogens with zero attached hydrogens (tertiary/aromatic N) is 3. The highest BCUT2D eigenvalue weighted by Crippen LogP contribution is 2.35. The first-order valence-electron chi connectivity index (χ1n) is 5.18. The third kappa shape index (κ3) is 3.35. The zero-order valence-electron chi connectivity index (χ0n) is 10.0. The minimum atomic E-state index is -3.96. The van der Waals surface area contributed by atoms with Crippen LogP contribution in [0.15, 0.2) is 23.4 Å². The van der Waals surface area contributed by atoms with E-state index in [9.17, 15) is 8.42 Å². The molecule has 108 valence electrons. The maximum atomic E-state index is 11.3. The van der Waals surface area contributed by atoms with Gasteiger partial charge in [-0.15, -0.1) is 10.2 Å². The molecule has 1 heterocycles. The number of hydrogen-bond donors (Lipinski definition) is 0. The molecule has 2 rings (SSSR count). The second-order valence-electron chi connectivity index (χ2n) is 3.80. The van der Waals surface area contributed by atoms with E-state index >= 15 is 0 Å². The summed E-state index contributed by atoms with van der Waals surface area (Å²) in [5.41, 5.74) is 0. The van der Waals surface area contributed by atoms with Crippen molar-refractivity contribution in [1.29, 1.82) is 0 Å². The van der Waals surface area contributed by atoms with Crippen LogP contribution in [0.4, 0.5) is 0 Å². The fourth-order valence-electron chi connectivity index (χ4n) is 1.39. The van der Waals surface area contributed by atoms with Crippen LogP contribution < -0.4 is 4.74 Å². The van der Waals surface area contributed by atoms with Crippen LogP contribution in [0.25, 0.3) is 0 Å². The molecule has 0 atom stereocenters. The summed E-state index contributed by atoms with van der Waals surface area (Å²) in [6.07, 6.45) is 1.52. The normalized spacial score (nSPS) is 11.6. The van der Waals surface area contributed by atoms with Crippen LogP contribution in [0.5, 0.6) is 5.75 Å². The van der Waals surface area contributed by atoms with Gasteiger partial charge in [-0.1, -0.05) is 23.2 Å². The van der Waals surface area contributed by atoms with Gasteiger partial charge in [0.2, 0.25) is 0 Å². The summed E-state index contributed by atoms with van der Waals surface area (Å²) in [5.74, 6) is 0.801. The number of aryl methyl sites for hydroxylation is 1. The molecule has 0 radical (unpaired) electrons. The Kier molecular flexibility index (Phi) is 4.43. The third-order valence-corrected chi connectivity index (χ3v) is 4.49. The zero-order chi connectivity index (χ0) is 14.9. The van der Waals surface area contributed by atoms with E-state index < -0.39 is 9.05 Å². The van der Waals surface area contributed by atoms with Gasteiger partial charge in [-0.25, -0.2) is 8.42 Å². The first-order valence-corrected chi connectivity index (χ1v) is 8.25. The Labute approximate surface area is 129 Å². The molecular weight excluding hydrogens is 349 g/mol. The van der Waals surface area contributed by atoms with Crippen LogP contribution >= 0.6 is 33.9 Å². The fourth-order valence-corrected chi connectivity index (χ4v) is 3.18. The number of halogens is 3. The number of benzene rings is 1. The largest absolute Gasteiger partial charge is 0.484 e. The smallest absolute Gasteiger partial charge is 0.262 e. The van der Waals surface area contributed by atoms with Crippen molar-refractivity contribution in [1.82, 2.24) is 14.8 Å². The molecule has 0 N–H and O–H groups in total. The van der Waals surface area contributed by atoms with Crippen LogP contribution in [0.3, 0.4) is 0 Å². The van der Waals surface area contributed by atoms with E-state index in [1.54, 1.807) is 11.6 Å². The first-order chi connectivity index (χ1) is 9.29. The molecule has 20 heavy (non-hydrogen) atoms. The van der Waals surface area contributed by atoms with Crippen molar-refractivity contribution in [3.63, 3.8) is 0 Å². The molecule has 0 aliphatic carbocycles. The quantitative estimate of drug-likeness (QED) is 0.787. The highest BCUT2D eigenvalue weighted by molar-refractivity contribution is 8.13. The maximum absolute atomic E-state index is 11.3. The van der Waals surface area contributed by atoms with Crippen LogP contribution in [0, 0.1) is 0 Å². The first kappa shape index (κ1) is 15.4. The molecule has 0 aliphatic rings. The Morgan fingerprint density at radius 3 is 2.55 bits per heavy atom. The monoisotopic (exact) mass is 355 g/mol. The minimum Gasteiger partial charge on any atom is -0.484 e. The lowest BCUT2D eigenvalue weighted by molar-refractivity contribution is 0.291. The van der Waals surface area contributed by atoms with Gasteiger partial charge in [0.15, 0.2) is 5.82 Å². The van der Waals surface area contributed by atoms with Gasteiger partial charge in [-0.05, 0) is 6.07 Å². The SMILES string of the molecule is Cn1cnnc1COc1cc(Cl)c(S(=O)(=O)Cl)cc1Cl. The highest BCUT2D eigenvalue weighted by Gasteiger charge is 2.18. The summed E-state index contributed by atoms with van der Waals surface area (Å²) in [4.78, 5) is -0.267. The molecule has 0 saturated heterocycles. The molecule has 0 spiro atoms. The molecule has 2 aromatic rings. The van der Waals surface area contributed by atoms with Crippen LogP contribution in [-0.4, -0.2) is 23.2 Å². The van der Waals surface area contributed by atoms with Crippen molar-refractivity contribution in [2.24, 2.45) is 7.05 Å². The van der Waals surface area contributed by atoms with Gasteiger partial charge < -0.3 is 9.30 Å². The fraction of sp³-hybridized carbons (Fsp3) is 0.200. The van der Waals surface area contributed by atoms with Crippen molar-refractivity contribution in [3.05, 3.63) is 34.3 Å². The van der Waals surface area contributed by atoms with Crippen molar-refractivity contribution in [3.8, 4) is 5.75 Å². The van der Waals surface area contributed by atoms with Crippen molar-refractivity contribution < 1.29 is 13.2 Å². The second-order valence-corrected chi connectivity index (χ2v) is 7.15. The minimum absolute atomic E-state index is 0.0719. The van der Waals surface area contributed by atoms with E-state index in [1.807, 2.05) is 0 Å². The Morgan fingerprint density at radius 2 is 2.00 bits per heavy atom. The average molecular weight is 357 g/mol. The van der Waals surface area contributed by atoms with Crippen LogP contribution in [0.2, 0.25) is 10.0 Å². The lowest BCUT2D eigenvalue weighted by Crippen LogP contribution is -2.04. The lowest BCUT2D eigenvalue weighted by Gasteiger charge is -2.09. The van der Waals surface area contributed by atoms with Gasteiger partial charge in [0.05, 0.1) is 10.0 Å². The summed E-state index contributed by atoms with van der Waals surface area (Å²) in [5, 5.41) is 7.54. The van der Waals surface area contributed by atoms with E-state index in [4.69, 9.17) is 38.6 Å². The van der Waals surface area contributed by atoms with E-state index in [2.05, 4.69) is 10.2 Å². The van der Waals surface area contributed by atoms with Crippen molar-refractivity contribution >= 4 is 42.9 Å². The van der Waals surface area contributed by atoms with Gasteiger partial charge in [-0.2, -0.15) is 0 Å². The van der Waals surface area contributed by atoms with E-state index in [0.29, 0.717) is 5.82 Å². The van der Waals surface area contributed by atoms with Crippen molar-refractivity contribution in [2.45, 2.75) is 11.5 Å². The zero-order valence-corrected chi connectivity index (χ0v) is 13.1. The Morgan fingerprint density at radius 1 is 1.30 bits per heavy atom. The number of hydrogen-bond acceptors (Lipinski definition) is 5. The topological polar surface area (TPSA) is 74.1 Å². The molecule has 10 heteroatoms. The predicted molar refractivity (Wildman–Crippen MR) is 74.8 cm³/mol. The summed E-state index contributed by atoms with van der Waals surface area (Å²) in [7, 11) is 3.03. The van der Waals surface area contributed by atoms with Crippen LogP contribution in [-0.2, 0) is 22.7 Å². The highest BCUT2D eigenvalue weighted by atomic mass is 35.7. The second kappa shape index (κ2) is 5.77. The number of ether oxygens (including phenoxy) is 1. The Hall–Kier alpha value is -1.02. The molecular formula is C10H8Cl3N3O3S. The molecule has 1 aromatic carbocycles. The average Bonchev–Trinajstić information content (AvgIpc) is 2.74. The Bertz CT molecular complexity index is 745. The Balaban J connectivity index is 2.26. The predicted octanol–water partition coefficient (Wildman–Crippen LogP) is 2.63. The number of rotatable bonds is 4. The van der Waals surface area contributed by atoms with Gasteiger partial charge in [0, 0.05) is 23.8 Å². The van der Waals surface area contributed by atoms with E-state index in [-0.39, 0.29) is 27.3 Å². The van der Waals surface area contributed by atoms with E-state index in [1.165, 1.54) is 12.4 Å². The third-order valence-electron chi connectivity index (χ3n) is 2.41.